The highest BCUT2D eigenvalue weighted by Gasteiger charge is 2.15. The van der Waals surface area contributed by atoms with Gasteiger partial charge in [0.1, 0.15) is 11.8 Å². The van der Waals surface area contributed by atoms with Gasteiger partial charge < -0.3 is 5.32 Å². The van der Waals surface area contributed by atoms with Crippen LogP contribution in [0.5, 0.6) is 0 Å². The van der Waals surface area contributed by atoms with Gasteiger partial charge in [0, 0.05) is 11.0 Å². The van der Waals surface area contributed by atoms with Crippen molar-refractivity contribution < 1.29 is 4.79 Å². The molecule has 2 aromatic rings. The van der Waals surface area contributed by atoms with E-state index in [0.29, 0.717) is 23.5 Å². The summed E-state index contributed by atoms with van der Waals surface area (Å²) >= 11 is 3.33. The molecular formula is C14H13BrN4O. The Balaban J connectivity index is 2.32. The van der Waals surface area contributed by atoms with Gasteiger partial charge in [-0.25, -0.2) is 0 Å². The minimum Gasteiger partial charge on any atom is -0.319 e. The lowest BCUT2D eigenvalue weighted by Gasteiger charge is -2.08. The smallest absolute Gasteiger partial charge is 0.273 e. The maximum Gasteiger partial charge on any atom is 0.273 e. The first-order chi connectivity index (χ1) is 9.55. The summed E-state index contributed by atoms with van der Waals surface area (Å²) in [4.78, 5) is 12.3. The number of aryl methyl sites for hydroxylation is 2. The van der Waals surface area contributed by atoms with E-state index in [1.54, 1.807) is 28.9 Å². The highest BCUT2D eigenvalue weighted by atomic mass is 79.9. The Labute approximate surface area is 125 Å². The van der Waals surface area contributed by atoms with Gasteiger partial charge in [0.15, 0.2) is 0 Å². The van der Waals surface area contributed by atoms with Crippen molar-refractivity contribution in [2.45, 2.75) is 20.4 Å². The molecule has 1 amide bonds. The molecule has 6 heteroatoms. The highest BCUT2D eigenvalue weighted by Crippen LogP contribution is 2.21. The Morgan fingerprint density at radius 2 is 2.25 bits per heavy atom. The molecule has 0 saturated heterocycles. The van der Waals surface area contributed by atoms with Crippen LogP contribution >= 0.6 is 15.9 Å². The third kappa shape index (κ3) is 2.89. The minimum atomic E-state index is -0.276. The number of carbonyl (C=O) groups is 1. The molecule has 0 spiro atoms. The van der Waals surface area contributed by atoms with E-state index >= 15 is 0 Å². The van der Waals surface area contributed by atoms with Gasteiger partial charge in [0.05, 0.1) is 16.9 Å². The first kappa shape index (κ1) is 14.3. The van der Waals surface area contributed by atoms with Crippen LogP contribution in [0.2, 0.25) is 0 Å². The maximum absolute atomic E-state index is 12.3. The normalized spacial score (nSPS) is 10.1. The van der Waals surface area contributed by atoms with Gasteiger partial charge in [-0.3, -0.25) is 9.48 Å². The number of nitrogens with zero attached hydrogens (tertiary/aromatic N) is 3. The van der Waals surface area contributed by atoms with E-state index in [4.69, 9.17) is 5.26 Å². The van der Waals surface area contributed by atoms with Gasteiger partial charge in [0.25, 0.3) is 5.91 Å². The van der Waals surface area contributed by atoms with Gasteiger partial charge in [-0.1, -0.05) is 15.9 Å². The summed E-state index contributed by atoms with van der Waals surface area (Å²) in [5.41, 5.74) is 2.16. The predicted octanol–water partition coefficient (Wildman–Crippen LogP) is 3.10. The van der Waals surface area contributed by atoms with E-state index in [2.05, 4.69) is 32.4 Å². The summed E-state index contributed by atoms with van der Waals surface area (Å²) in [6.45, 7) is 4.37. The van der Waals surface area contributed by atoms with E-state index in [-0.39, 0.29) is 5.91 Å². The molecule has 0 aliphatic carbocycles. The van der Waals surface area contributed by atoms with Crippen LogP contribution in [-0.2, 0) is 6.54 Å². The highest BCUT2D eigenvalue weighted by molar-refractivity contribution is 9.10. The van der Waals surface area contributed by atoms with Gasteiger partial charge >= 0.3 is 0 Å². The Hall–Kier alpha value is -2.13. The Morgan fingerprint density at radius 3 is 2.90 bits per heavy atom. The van der Waals surface area contributed by atoms with Crippen LogP contribution in [0.15, 0.2) is 28.7 Å². The molecule has 102 valence electrons. The van der Waals surface area contributed by atoms with Gasteiger partial charge in [-0.15, -0.1) is 0 Å². The molecule has 0 aliphatic rings. The van der Waals surface area contributed by atoms with E-state index in [1.165, 1.54) is 0 Å². The first-order valence-corrected chi connectivity index (χ1v) is 6.90. The summed E-state index contributed by atoms with van der Waals surface area (Å²) in [5, 5.41) is 16.1. The molecule has 0 fully saturated rings. The van der Waals surface area contributed by atoms with E-state index in [9.17, 15) is 4.79 Å². The van der Waals surface area contributed by atoms with Crippen molar-refractivity contribution in [1.82, 2.24) is 9.78 Å². The zero-order chi connectivity index (χ0) is 14.7. The van der Waals surface area contributed by atoms with Crippen molar-refractivity contribution >= 4 is 27.5 Å². The van der Waals surface area contributed by atoms with Crippen LogP contribution in [0.25, 0.3) is 0 Å². The average molecular weight is 333 g/mol. The lowest BCUT2D eigenvalue weighted by molar-refractivity contribution is 0.101. The number of halogens is 1. The second-order valence-electron chi connectivity index (χ2n) is 4.24. The zero-order valence-electron chi connectivity index (χ0n) is 11.1. The molecule has 2 rings (SSSR count). The first-order valence-electron chi connectivity index (χ1n) is 6.10. The summed E-state index contributed by atoms with van der Waals surface area (Å²) in [6, 6.07) is 8.90. The second kappa shape index (κ2) is 5.88. The quantitative estimate of drug-likeness (QED) is 0.938. The number of nitrogens with one attached hydrogen (secondary N) is 1. The summed E-state index contributed by atoms with van der Waals surface area (Å²) in [7, 11) is 0. The minimum absolute atomic E-state index is 0.276. The van der Waals surface area contributed by atoms with Crippen LogP contribution in [-0.4, -0.2) is 15.7 Å². The SMILES string of the molecule is CCn1nc(C)cc1C(=O)Nc1cc(Br)ccc1C#N. The van der Waals surface area contributed by atoms with Crippen LogP contribution in [0.4, 0.5) is 5.69 Å². The lowest BCUT2D eigenvalue weighted by Crippen LogP contribution is -2.18. The third-order valence-electron chi connectivity index (χ3n) is 2.78. The Morgan fingerprint density at radius 1 is 1.50 bits per heavy atom. The van der Waals surface area contributed by atoms with Crippen molar-refractivity contribution in [1.29, 1.82) is 5.26 Å². The van der Waals surface area contributed by atoms with E-state index in [0.717, 1.165) is 10.2 Å². The summed E-state index contributed by atoms with van der Waals surface area (Å²) in [6.07, 6.45) is 0. The number of anilines is 1. The maximum atomic E-state index is 12.3. The van der Waals surface area contributed by atoms with Crippen LogP contribution in [0, 0.1) is 18.3 Å². The number of hydrogen-bond donors (Lipinski definition) is 1. The van der Waals surface area contributed by atoms with E-state index < -0.39 is 0 Å². The molecule has 1 aromatic carbocycles. The van der Waals surface area contributed by atoms with Gasteiger partial charge in [-0.2, -0.15) is 10.4 Å². The second-order valence-corrected chi connectivity index (χ2v) is 5.16. The number of nitriles is 1. The van der Waals surface area contributed by atoms with Crippen LogP contribution in [0.3, 0.4) is 0 Å². The lowest BCUT2D eigenvalue weighted by atomic mass is 10.2. The molecule has 1 aromatic heterocycles. The summed E-state index contributed by atoms with van der Waals surface area (Å²) in [5.74, 6) is -0.276. The molecule has 1 N–H and O–H groups in total. The van der Waals surface area contributed by atoms with Crippen molar-refractivity contribution in [3.63, 3.8) is 0 Å². The average Bonchev–Trinajstić information content (AvgIpc) is 2.80. The van der Waals surface area contributed by atoms with Crippen LogP contribution in [0.1, 0.15) is 28.7 Å². The van der Waals surface area contributed by atoms with Crippen molar-refractivity contribution in [3.05, 3.63) is 45.7 Å². The topological polar surface area (TPSA) is 70.7 Å². The Bertz CT molecular complexity index is 700. The standard InChI is InChI=1S/C14H13BrN4O/c1-3-19-13(6-9(2)18-19)14(20)17-12-7-11(15)5-4-10(12)8-16/h4-7H,3H2,1-2H3,(H,17,20). The fraction of sp³-hybridized carbons (Fsp3) is 0.214. The number of rotatable bonds is 3. The molecule has 5 nitrogen and oxygen atoms in total. The largest absolute Gasteiger partial charge is 0.319 e. The fourth-order valence-electron chi connectivity index (χ4n) is 1.87. The molecule has 1 heterocycles. The van der Waals surface area contributed by atoms with Gasteiger partial charge in [-0.05, 0) is 38.1 Å². The molecule has 20 heavy (non-hydrogen) atoms. The number of benzene rings is 1. The molecule has 0 unspecified atom stereocenters. The Kier molecular flexibility index (Phi) is 4.20. The fourth-order valence-corrected chi connectivity index (χ4v) is 2.23. The number of carbonyl (C=O) groups excluding carboxylic acids is 1. The molecular weight excluding hydrogens is 320 g/mol. The predicted molar refractivity (Wildman–Crippen MR) is 79.4 cm³/mol. The van der Waals surface area contributed by atoms with Crippen LogP contribution < -0.4 is 5.32 Å². The van der Waals surface area contributed by atoms with Crippen molar-refractivity contribution in [2.24, 2.45) is 0 Å². The number of hydrogen-bond acceptors (Lipinski definition) is 3. The molecule has 0 aliphatic heterocycles. The zero-order valence-corrected chi connectivity index (χ0v) is 12.7. The molecule has 0 radical (unpaired) electrons. The third-order valence-corrected chi connectivity index (χ3v) is 3.28. The molecule has 0 saturated carbocycles. The number of amides is 1. The number of aromatic nitrogens is 2. The van der Waals surface area contributed by atoms with E-state index in [1.807, 2.05) is 13.8 Å². The molecule has 0 atom stereocenters. The monoisotopic (exact) mass is 332 g/mol. The van der Waals surface area contributed by atoms with Crippen molar-refractivity contribution in [2.75, 3.05) is 5.32 Å². The van der Waals surface area contributed by atoms with Crippen molar-refractivity contribution in [3.8, 4) is 6.07 Å². The molecule has 0 bridgehead atoms. The van der Waals surface area contributed by atoms with Gasteiger partial charge in [0.2, 0.25) is 0 Å². The summed E-state index contributed by atoms with van der Waals surface area (Å²) < 4.78 is 2.43.